The lowest BCUT2D eigenvalue weighted by molar-refractivity contribution is -0.122. The molecule has 3 nitrogen and oxygen atoms in total. The maximum absolute atomic E-state index is 14.0. The Labute approximate surface area is 125 Å². The van der Waals surface area contributed by atoms with Crippen LogP contribution in [0, 0.1) is 11.6 Å². The highest BCUT2D eigenvalue weighted by Crippen LogP contribution is 2.30. The van der Waals surface area contributed by atoms with Crippen LogP contribution in [0.5, 0.6) is 0 Å². The van der Waals surface area contributed by atoms with Crippen molar-refractivity contribution in [3.05, 3.63) is 64.7 Å². The Morgan fingerprint density at radius 2 is 1.67 bits per heavy atom. The van der Waals surface area contributed by atoms with Gasteiger partial charge in [-0.2, -0.15) is 0 Å². The van der Waals surface area contributed by atoms with Crippen molar-refractivity contribution in [2.24, 2.45) is 5.73 Å². The van der Waals surface area contributed by atoms with Crippen molar-refractivity contribution in [3.8, 4) is 0 Å². The van der Waals surface area contributed by atoms with Crippen molar-refractivity contribution in [2.75, 3.05) is 5.32 Å². The molecule has 1 unspecified atom stereocenters. The van der Waals surface area contributed by atoms with Crippen LogP contribution in [0.2, 0.25) is 5.02 Å². The number of benzene rings is 2. The smallest absolute Gasteiger partial charge is 0.247 e. The lowest BCUT2D eigenvalue weighted by Gasteiger charge is -2.29. The average molecular weight is 311 g/mol. The molecule has 2 aromatic carbocycles. The summed E-state index contributed by atoms with van der Waals surface area (Å²) in [6, 6.07) is 9.71. The fourth-order valence-corrected chi connectivity index (χ4v) is 2.17. The molecule has 0 aliphatic carbocycles. The third kappa shape index (κ3) is 2.97. The highest BCUT2D eigenvalue weighted by molar-refractivity contribution is 6.30. The van der Waals surface area contributed by atoms with E-state index in [-0.39, 0.29) is 0 Å². The van der Waals surface area contributed by atoms with Crippen LogP contribution in [0.1, 0.15) is 12.5 Å². The third-order valence-electron chi connectivity index (χ3n) is 3.19. The summed E-state index contributed by atoms with van der Waals surface area (Å²) in [7, 11) is 0. The molecule has 110 valence electrons. The number of amides is 1. The standard InChI is InChI=1S/C15H13ClF2N2O/c1-15(14(19)21,13-11(17)3-2-4-12(13)18)20-10-7-5-9(16)6-8-10/h2-8,20H,1H3,(H2,19,21). The molecule has 0 spiro atoms. The van der Waals surface area contributed by atoms with E-state index in [1.54, 1.807) is 24.3 Å². The molecule has 3 N–H and O–H groups in total. The second-order valence-corrected chi connectivity index (χ2v) is 5.15. The van der Waals surface area contributed by atoms with Gasteiger partial charge in [-0.25, -0.2) is 8.78 Å². The van der Waals surface area contributed by atoms with E-state index in [2.05, 4.69) is 5.32 Å². The molecule has 0 saturated heterocycles. The van der Waals surface area contributed by atoms with Crippen LogP contribution in [-0.4, -0.2) is 5.91 Å². The zero-order chi connectivity index (χ0) is 15.6. The van der Waals surface area contributed by atoms with Gasteiger partial charge in [0, 0.05) is 10.7 Å². The summed E-state index contributed by atoms with van der Waals surface area (Å²) in [6.45, 7) is 1.32. The van der Waals surface area contributed by atoms with Gasteiger partial charge in [0.2, 0.25) is 5.91 Å². The van der Waals surface area contributed by atoms with E-state index >= 15 is 0 Å². The molecular weight excluding hydrogens is 298 g/mol. The highest BCUT2D eigenvalue weighted by Gasteiger charge is 2.38. The minimum Gasteiger partial charge on any atom is -0.368 e. The number of rotatable bonds is 4. The van der Waals surface area contributed by atoms with Gasteiger partial charge in [0.15, 0.2) is 0 Å². The molecule has 0 saturated carbocycles. The van der Waals surface area contributed by atoms with Crippen LogP contribution in [0.25, 0.3) is 0 Å². The molecule has 0 heterocycles. The largest absolute Gasteiger partial charge is 0.368 e. The average Bonchev–Trinajstić information content (AvgIpc) is 2.41. The van der Waals surface area contributed by atoms with Crippen molar-refractivity contribution in [2.45, 2.75) is 12.5 Å². The second-order valence-electron chi connectivity index (χ2n) is 4.72. The summed E-state index contributed by atoms with van der Waals surface area (Å²) in [5.74, 6) is -2.60. The van der Waals surface area contributed by atoms with E-state index in [1.807, 2.05) is 0 Å². The van der Waals surface area contributed by atoms with E-state index < -0.39 is 28.6 Å². The first kappa shape index (κ1) is 15.3. The molecule has 0 fully saturated rings. The number of primary amides is 1. The Morgan fingerprint density at radius 1 is 1.14 bits per heavy atom. The molecule has 0 radical (unpaired) electrons. The molecule has 1 atom stereocenters. The van der Waals surface area contributed by atoms with E-state index in [9.17, 15) is 13.6 Å². The summed E-state index contributed by atoms with van der Waals surface area (Å²) in [4.78, 5) is 11.8. The quantitative estimate of drug-likeness (QED) is 0.909. The van der Waals surface area contributed by atoms with Crippen molar-refractivity contribution in [1.82, 2.24) is 0 Å². The molecular formula is C15H13ClF2N2O. The van der Waals surface area contributed by atoms with Gasteiger partial charge in [-0.15, -0.1) is 0 Å². The lowest BCUT2D eigenvalue weighted by Crippen LogP contribution is -2.46. The van der Waals surface area contributed by atoms with Gasteiger partial charge in [-0.1, -0.05) is 17.7 Å². The van der Waals surface area contributed by atoms with E-state index in [0.29, 0.717) is 10.7 Å². The van der Waals surface area contributed by atoms with Crippen molar-refractivity contribution >= 4 is 23.2 Å². The molecule has 0 bridgehead atoms. The minimum absolute atomic E-state index is 0.424. The molecule has 2 rings (SSSR count). The molecule has 2 aromatic rings. The molecule has 1 amide bonds. The van der Waals surface area contributed by atoms with Gasteiger partial charge in [0.1, 0.15) is 17.2 Å². The van der Waals surface area contributed by atoms with E-state index in [1.165, 1.54) is 13.0 Å². The number of carbonyl (C=O) groups is 1. The lowest BCUT2D eigenvalue weighted by atomic mass is 9.89. The fourth-order valence-electron chi connectivity index (χ4n) is 2.04. The summed E-state index contributed by atoms with van der Waals surface area (Å²) in [5.41, 5.74) is 3.66. The van der Waals surface area contributed by atoms with Crippen LogP contribution in [-0.2, 0) is 10.3 Å². The van der Waals surface area contributed by atoms with Crippen molar-refractivity contribution < 1.29 is 13.6 Å². The molecule has 6 heteroatoms. The van der Waals surface area contributed by atoms with E-state index in [4.69, 9.17) is 17.3 Å². The Kier molecular flexibility index (Phi) is 4.14. The fraction of sp³-hybridized carbons (Fsp3) is 0.133. The molecule has 0 aliphatic rings. The predicted octanol–water partition coefficient (Wildman–Crippen LogP) is 3.43. The summed E-state index contributed by atoms with van der Waals surface area (Å²) >= 11 is 5.77. The summed E-state index contributed by atoms with van der Waals surface area (Å²) in [5, 5.41) is 3.27. The second kappa shape index (κ2) is 5.69. The van der Waals surface area contributed by atoms with Gasteiger partial charge >= 0.3 is 0 Å². The number of halogens is 3. The zero-order valence-corrected chi connectivity index (χ0v) is 11.9. The molecule has 0 aromatic heterocycles. The Morgan fingerprint density at radius 3 is 2.14 bits per heavy atom. The number of carbonyl (C=O) groups excluding carboxylic acids is 1. The monoisotopic (exact) mass is 310 g/mol. The predicted molar refractivity (Wildman–Crippen MR) is 78.0 cm³/mol. The third-order valence-corrected chi connectivity index (χ3v) is 3.45. The SMILES string of the molecule is CC(Nc1ccc(Cl)cc1)(C(N)=O)c1c(F)cccc1F. The number of hydrogen-bond acceptors (Lipinski definition) is 2. The topological polar surface area (TPSA) is 55.1 Å². The van der Waals surface area contributed by atoms with Crippen LogP contribution in [0.4, 0.5) is 14.5 Å². The number of nitrogens with two attached hydrogens (primary N) is 1. The highest BCUT2D eigenvalue weighted by atomic mass is 35.5. The van der Waals surface area contributed by atoms with Crippen molar-refractivity contribution in [1.29, 1.82) is 0 Å². The first-order valence-corrected chi connectivity index (χ1v) is 6.50. The van der Waals surface area contributed by atoms with Gasteiger partial charge in [0.05, 0.1) is 5.56 Å². The Balaban J connectivity index is 2.51. The van der Waals surface area contributed by atoms with Crippen LogP contribution in [0.3, 0.4) is 0 Å². The minimum atomic E-state index is -1.73. The molecule has 21 heavy (non-hydrogen) atoms. The first-order valence-electron chi connectivity index (χ1n) is 6.13. The summed E-state index contributed by atoms with van der Waals surface area (Å²) in [6.07, 6.45) is 0. The van der Waals surface area contributed by atoms with Gasteiger partial charge in [0.25, 0.3) is 0 Å². The first-order chi connectivity index (χ1) is 9.84. The maximum atomic E-state index is 14.0. The Hall–Kier alpha value is -2.14. The number of hydrogen-bond donors (Lipinski definition) is 2. The Bertz CT molecular complexity index is 656. The number of anilines is 1. The zero-order valence-electron chi connectivity index (χ0n) is 11.2. The normalized spacial score (nSPS) is 13.5. The molecule has 0 aliphatic heterocycles. The van der Waals surface area contributed by atoms with Gasteiger partial charge < -0.3 is 11.1 Å². The van der Waals surface area contributed by atoms with E-state index in [0.717, 1.165) is 12.1 Å². The number of nitrogens with one attached hydrogen (secondary N) is 1. The van der Waals surface area contributed by atoms with Crippen LogP contribution < -0.4 is 11.1 Å². The maximum Gasteiger partial charge on any atom is 0.247 e. The summed E-state index contributed by atoms with van der Waals surface area (Å²) < 4.78 is 27.9. The van der Waals surface area contributed by atoms with Gasteiger partial charge in [-0.05, 0) is 43.3 Å². The van der Waals surface area contributed by atoms with Crippen LogP contribution >= 0.6 is 11.6 Å². The van der Waals surface area contributed by atoms with Crippen LogP contribution in [0.15, 0.2) is 42.5 Å². The van der Waals surface area contributed by atoms with Gasteiger partial charge in [-0.3, -0.25) is 4.79 Å². The van der Waals surface area contributed by atoms with Crippen molar-refractivity contribution in [3.63, 3.8) is 0 Å².